The number of carbonyl (C=O) groups is 1. The minimum absolute atomic E-state index is 0. The summed E-state index contributed by atoms with van der Waals surface area (Å²) >= 11 is 0. The normalized spacial score (nSPS) is 13.9. The third kappa shape index (κ3) is 5.85. The lowest BCUT2D eigenvalue weighted by Gasteiger charge is -2.24. The van der Waals surface area contributed by atoms with E-state index < -0.39 is 0 Å². The smallest absolute Gasteiger partial charge is 0.227 e. The van der Waals surface area contributed by atoms with Crippen molar-refractivity contribution in [2.24, 2.45) is 16.6 Å². The summed E-state index contributed by atoms with van der Waals surface area (Å²) in [6.07, 6.45) is 3.12. The number of hydrogen-bond donors (Lipinski definition) is 3. The number of nitrogens with two attached hydrogens (primary N) is 1. The maximum Gasteiger partial charge on any atom is 0.227 e. The highest BCUT2D eigenvalue weighted by Gasteiger charge is 2.25. The molecule has 0 atom stereocenters. The quantitative estimate of drug-likeness (QED) is 0.332. The van der Waals surface area contributed by atoms with Gasteiger partial charge in [-0.15, -0.1) is 24.0 Å². The number of aliphatic imine (C=N–C) groups is 1. The van der Waals surface area contributed by atoms with Crippen LogP contribution < -0.4 is 21.1 Å². The zero-order valence-corrected chi connectivity index (χ0v) is 17.6. The average Bonchev–Trinajstić information content (AvgIpc) is 2.59. The van der Waals surface area contributed by atoms with Gasteiger partial charge in [0.2, 0.25) is 5.91 Å². The Morgan fingerprint density at radius 1 is 1.19 bits per heavy atom. The van der Waals surface area contributed by atoms with Crippen LogP contribution in [-0.4, -0.2) is 19.0 Å². The Balaban J connectivity index is 0.00000261. The number of carbonyl (C=O) groups excluding carboxylic acids is 1. The first kappa shape index (κ1) is 21.0. The van der Waals surface area contributed by atoms with Crippen LogP contribution in [0.3, 0.4) is 0 Å². The second-order valence-corrected chi connectivity index (χ2v) is 6.34. The van der Waals surface area contributed by atoms with Crippen LogP contribution in [0.25, 0.3) is 0 Å². The second kappa shape index (κ2) is 10.1. The Morgan fingerprint density at radius 3 is 2.67 bits per heavy atom. The molecule has 0 aliphatic heterocycles. The predicted molar refractivity (Wildman–Crippen MR) is 120 cm³/mol. The summed E-state index contributed by atoms with van der Waals surface area (Å²) < 4.78 is 5.28. The molecule has 4 N–H and O–H groups in total. The highest BCUT2D eigenvalue weighted by Crippen LogP contribution is 2.27. The molecule has 1 fully saturated rings. The Hall–Kier alpha value is -2.29. The number of methoxy groups -OCH3 is 1. The first-order valence-corrected chi connectivity index (χ1v) is 8.75. The molecular formula is C20H25IN4O2. The second-order valence-electron chi connectivity index (χ2n) is 6.34. The molecule has 6 nitrogen and oxygen atoms in total. The molecule has 0 aromatic heterocycles. The Labute approximate surface area is 176 Å². The van der Waals surface area contributed by atoms with Crippen molar-refractivity contribution in [1.29, 1.82) is 0 Å². The van der Waals surface area contributed by atoms with E-state index in [1.165, 1.54) is 0 Å². The molecule has 7 heteroatoms. The molecule has 1 amide bonds. The number of amides is 1. The fourth-order valence-electron chi connectivity index (χ4n) is 2.76. The van der Waals surface area contributed by atoms with Gasteiger partial charge in [0.15, 0.2) is 5.96 Å². The van der Waals surface area contributed by atoms with Gasteiger partial charge in [-0.1, -0.05) is 30.7 Å². The van der Waals surface area contributed by atoms with Crippen LogP contribution in [0.15, 0.2) is 53.5 Å². The van der Waals surface area contributed by atoms with Crippen molar-refractivity contribution in [3.63, 3.8) is 0 Å². The van der Waals surface area contributed by atoms with E-state index in [0.717, 1.165) is 36.2 Å². The van der Waals surface area contributed by atoms with Crippen molar-refractivity contribution in [1.82, 2.24) is 0 Å². The molecular weight excluding hydrogens is 455 g/mol. The number of ether oxygens (including phenoxy) is 1. The van der Waals surface area contributed by atoms with Crippen molar-refractivity contribution < 1.29 is 9.53 Å². The number of para-hydroxylation sites is 2. The molecule has 3 rings (SSSR count). The first-order valence-electron chi connectivity index (χ1n) is 8.75. The number of rotatable bonds is 6. The lowest BCUT2D eigenvalue weighted by atomic mass is 9.85. The van der Waals surface area contributed by atoms with E-state index in [1.807, 2.05) is 48.5 Å². The standard InChI is InChI=1S/C20H24N4O2.HI/c1-26-18-11-3-2-10-17(18)24-20(21)22-13-14-6-4-9-16(12-14)23-19(25)15-7-5-8-15;/h2-4,6,9-12,15H,5,7-8,13H2,1H3,(H,23,25)(H3,21,22,24);1H. The number of nitrogens with zero attached hydrogens (tertiary/aromatic N) is 1. The van der Waals surface area contributed by atoms with Crippen molar-refractivity contribution in [2.75, 3.05) is 17.7 Å². The molecule has 2 aromatic carbocycles. The molecule has 144 valence electrons. The van der Waals surface area contributed by atoms with E-state index in [1.54, 1.807) is 7.11 Å². The number of nitrogens with one attached hydrogen (secondary N) is 2. The van der Waals surface area contributed by atoms with Crippen molar-refractivity contribution in [2.45, 2.75) is 25.8 Å². The topological polar surface area (TPSA) is 88.7 Å². The lowest BCUT2D eigenvalue weighted by molar-refractivity contribution is -0.122. The molecule has 0 unspecified atom stereocenters. The van der Waals surface area contributed by atoms with E-state index in [-0.39, 0.29) is 35.8 Å². The van der Waals surface area contributed by atoms with Gasteiger partial charge in [0.25, 0.3) is 0 Å². The number of halogens is 1. The molecule has 0 radical (unpaired) electrons. The lowest BCUT2D eigenvalue weighted by Crippen LogP contribution is -2.28. The zero-order chi connectivity index (χ0) is 18.4. The first-order chi connectivity index (χ1) is 12.7. The van der Waals surface area contributed by atoms with Crippen molar-refractivity contribution in [3.05, 3.63) is 54.1 Å². The van der Waals surface area contributed by atoms with Crippen LogP contribution in [0, 0.1) is 5.92 Å². The fraction of sp³-hybridized carbons (Fsp3) is 0.300. The summed E-state index contributed by atoms with van der Waals surface area (Å²) in [4.78, 5) is 16.4. The van der Waals surface area contributed by atoms with Gasteiger partial charge in [0.05, 0.1) is 19.3 Å². The summed E-state index contributed by atoms with van der Waals surface area (Å²) in [5, 5.41) is 6.02. The number of benzene rings is 2. The molecule has 1 aliphatic rings. The monoisotopic (exact) mass is 480 g/mol. The maximum atomic E-state index is 12.1. The highest BCUT2D eigenvalue weighted by molar-refractivity contribution is 14.0. The minimum atomic E-state index is 0. The predicted octanol–water partition coefficient (Wildman–Crippen LogP) is 3.98. The van der Waals surface area contributed by atoms with Crippen LogP contribution in [0.4, 0.5) is 11.4 Å². The fourth-order valence-corrected chi connectivity index (χ4v) is 2.76. The summed E-state index contributed by atoms with van der Waals surface area (Å²) in [7, 11) is 1.61. The van der Waals surface area contributed by atoms with E-state index in [2.05, 4.69) is 15.6 Å². The van der Waals surface area contributed by atoms with Gasteiger partial charge in [-0.05, 0) is 42.7 Å². The average molecular weight is 480 g/mol. The molecule has 0 bridgehead atoms. The van der Waals surface area contributed by atoms with Gasteiger partial charge in [0.1, 0.15) is 5.75 Å². The molecule has 27 heavy (non-hydrogen) atoms. The molecule has 1 aliphatic carbocycles. The Kier molecular flexibility index (Phi) is 7.90. The van der Waals surface area contributed by atoms with E-state index in [9.17, 15) is 4.79 Å². The third-order valence-electron chi connectivity index (χ3n) is 4.47. The van der Waals surface area contributed by atoms with Crippen LogP contribution in [0.1, 0.15) is 24.8 Å². The Morgan fingerprint density at radius 2 is 1.96 bits per heavy atom. The summed E-state index contributed by atoms with van der Waals surface area (Å²) in [5.41, 5.74) is 8.51. The van der Waals surface area contributed by atoms with E-state index in [0.29, 0.717) is 18.3 Å². The van der Waals surface area contributed by atoms with Gasteiger partial charge in [-0.25, -0.2) is 4.99 Å². The van der Waals surface area contributed by atoms with Crippen LogP contribution in [0.2, 0.25) is 0 Å². The van der Waals surface area contributed by atoms with Gasteiger partial charge in [-0.2, -0.15) is 0 Å². The molecule has 0 saturated heterocycles. The maximum absolute atomic E-state index is 12.1. The van der Waals surface area contributed by atoms with Gasteiger partial charge >= 0.3 is 0 Å². The van der Waals surface area contributed by atoms with Crippen LogP contribution in [-0.2, 0) is 11.3 Å². The van der Waals surface area contributed by atoms with Crippen molar-refractivity contribution in [3.8, 4) is 5.75 Å². The molecule has 2 aromatic rings. The van der Waals surface area contributed by atoms with Gasteiger partial charge in [0, 0.05) is 11.6 Å². The zero-order valence-electron chi connectivity index (χ0n) is 15.3. The van der Waals surface area contributed by atoms with Crippen LogP contribution in [0.5, 0.6) is 5.75 Å². The van der Waals surface area contributed by atoms with E-state index >= 15 is 0 Å². The summed E-state index contributed by atoms with van der Waals surface area (Å²) in [6.45, 7) is 0.418. The SMILES string of the molecule is COc1ccccc1NC(N)=NCc1cccc(NC(=O)C2CCC2)c1.I. The molecule has 1 saturated carbocycles. The highest BCUT2D eigenvalue weighted by atomic mass is 127. The molecule has 0 spiro atoms. The van der Waals surface area contributed by atoms with Gasteiger partial charge in [-0.3, -0.25) is 4.79 Å². The minimum Gasteiger partial charge on any atom is -0.495 e. The van der Waals surface area contributed by atoms with Gasteiger partial charge < -0.3 is 21.1 Å². The molecule has 0 heterocycles. The van der Waals surface area contributed by atoms with E-state index in [4.69, 9.17) is 10.5 Å². The number of anilines is 2. The third-order valence-corrected chi connectivity index (χ3v) is 4.47. The largest absolute Gasteiger partial charge is 0.495 e. The number of guanidine groups is 1. The Bertz CT molecular complexity index is 806. The van der Waals surface area contributed by atoms with Crippen molar-refractivity contribution >= 4 is 47.2 Å². The number of hydrogen-bond acceptors (Lipinski definition) is 3. The summed E-state index contributed by atoms with van der Waals surface area (Å²) in [5.74, 6) is 1.27. The van der Waals surface area contributed by atoms with Crippen LogP contribution >= 0.6 is 24.0 Å². The summed E-state index contributed by atoms with van der Waals surface area (Å²) in [6, 6.07) is 15.2.